The average Bonchev–Trinajstić information content (AvgIpc) is 2.41. The van der Waals surface area contributed by atoms with E-state index in [1.54, 1.807) is 30.3 Å². The van der Waals surface area contributed by atoms with Crippen LogP contribution in [0.15, 0.2) is 48.5 Å². The van der Waals surface area contributed by atoms with Crippen LogP contribution >= 0.6 is 0 Å². The van der Waals surface area contributed by atoms with Crippen molar-refractivity contribution >= 4 is 0 Å². The van der Waals surface area contributed by atoms with Crippen molar-refractivity contribution in [3.63, 3.8) is 0 Å². The summed E-state index contributed by atoms with van der Waals surface area (Å²) in [6.45, 7) is 0. The summed E-state index contributed by atoms with van der Waals surface area (Å²) in [7, 11) is 0. The summed E-state index contributed by atoms with van der Waals surface area (Å²) in [5.74, 6) is -1.41. The van der Waals surface area contributed by atoms with Crippen LogP contribution in [0.1, 0.15) is 23.3 Å². The molecule has 0 saturated carbocycles. The highest BCUT2D eigenvalue weighted by molar-refractivity contribution is 5.26. The molecule has 0 radical (unpaired) electrons. The monoisotopic (exact) mass is 250 g/mol. The van der Waals surface area contributed by atoms with Gasteiger partial charge in [0.1, 0.15) is 23.8 Å². The van der Waals surface area contributed by atoms with Crippen LogP contribution in [0.25, 0.3) is 0 Å². The molecule has 2 unspecified atom stereocenters. The lowest BCUT2D eigenvalue weighted by Gasteiger charge is -2.19. The number of hydrogen-bond donors (Lipinski definition) is 2. The molecule has 0 fully saturated rings. The molecule has 2 rings (SSSR count). The Hall–Kier alpha value is -1.78. The van der Waals surface area contributed by atoms with Crippen molar-refractivity contribution in [1.82, 2.24) is 0 Å². The van der Waals surface area contributed by atoms with Crippen LogP contribution < -0.4 is 0 Å². The number of benzene rings is 2. The first-order valence-electron chi connectivity index (χ1n) is 5.45. The first kappa shape index (κ1) is 12.7. The zero-order valence-electron chi connectivity index (χ0n) is 9.42. The summed E-state index contributed by atoms with van der Waals surface area (Å²) in [5, 5.41) is 19.8. The fourth-order valence-electron chi connectivity index (χ4n) is 1.74. The molecular formula is C14H12F2O2. The van der Waals surface area contributed by atoms with E-state index in [9.17, 15) is 19.0 Å². The second-order valence-electron chi connectivity index (χ2n) is 3.97. The Morgan fingerprint density at radius 1 is 0.833 bits per heavy atom. The van der Waals surface area contributed by atoms with Gasteiger partial charge < -0.3 is 10.2 Å². The minimum atomic E-state index is -1.51. The Balaban J connectivity index is 2.31. The molecule has 0 aliphatic rings. The molecule has 0 spiro atoms. The molecule has 2 N–H and O–H groups in total. The standard InChI is InChI=1S/C14H12F2O2/c15-10-6-7-12(16)11(8-10)14(18)13(17)9-4-2-1-3-5-9/h1-8,13-14,17-18H. The lowest BCUT2D eigenvalue weighted by Crippen LogP contribution is -2.12. The molecule has 0 amide bonds. The van der Waals surface area contributed by atoms with Crippen molar-refractivity contribution in [2.75, 3.05) is 0 Å². The van der Waals surface area contributed by atoms with E-state index in [4.69, 9.17) is 0 Å². The molecule has 0 aliphatic heterocycles. The molecule has 0 aromatic heterocycles. The van der Waals surface area contributed by atoms with Gasteiger partial charge in [0.25, 0.3) is 0 Å². The van der Waals surface area contributed by atoms with Crippen molar-refractivity contribution in [2.45, 2.75) is 12.2 Å². The van der Waals surface area contributed by atoms with E-state index < -0.39 is 23.8 Å². The van der Waals surface area contributed by atoms with Crippen LogP contribution in [0.3, 0.4) is 0 Å². The summed E-state index contributed by atoms with van der Waals surface area (Å²) in [6.07, 6.45) is -2.81. The van der Waals surface area contributed by atoms with E-state index >= 15 is 0 Å². The van der Waals surface area contributed by atoms with Crippen LogP contribution in [-0.4, -0.2) is 10.2 Å². The number of aliphatic hydroxyl groups is 2. The third-order valence-corrected chi connectivity index (χ3v) is 2.72. The Kier molecular flexibility index (Phi) is 3.69. The number of hydrogen-bond acceptors (Lipinski definition) is 2. The summed E-state index contributed by atoms with van der Waals surface area (Å²) in [6, 6.07) is 11.1. The predicted molar refractivity (Wildman–Crippen MR) is 62.7 cm³/mol. The number of aliphatic hydroxyl groups excluding tert-OH is 2. The Labute approximate surface area is 103 Å². The highest BCUT2D eigenvalue weighted by atomic mass is 19.1. The quantitative estimate of drug-likeness (QED) is 0.879. The maximum absolute atomic E-state index is 13.5. The molecule has 2 aromatic rings. The third-order valence-electron chi connectivity index (χ3n) is 2.72. The van der Waals surface area contributed by atoms with Gasteiger partial charge in [-0.25, -0.2) is 8.78 Å². The maximum atomic E-state index is 13.5. The summed E-state index contributed by atoms with van der Waals surface area (Å²) < 4.78 is 26.5. The minimum Gasteiger partial charge on any atom is -0.385 e. The summed E-state index contributed by atoms with van der Waals surface area (Å²) in [4.78, 5) is 0. The molecule has 2 nitrogen and oxygen atoms in total. The topological polar surface area (TPSA) is 40.5 Å². The van der Waals surface area contributed by atoms with Crippen LogP contribution in [0.5, 0.6) is 0 Å². The molecule has 94 valence electrons. The molecule has 0 heterocycles. The van der Waals surface area contributed by atoms with Gasteiger partial charge in [-0.15, -0.1) is 0 Å². The lowest BCUT2D eigenvalue weighted by atomic mass is 9.98. The highest BCUT2D eigenvalue weighted by Gasteiger charge is 2.23. The van der Waals surface area contributed by atoms with E-state index in [-0.39, 0.29) is 5.56 Å². The van der Waals surface area contributed by atoms with Gasteiger partial charge in [-0.1, -0.05) is 30.3 Å². The van der Waals surface area contributed by atoms with Gasteiger partial charge in [-0.2, -0.15) is 0 Å². The molecule has 2 atom stereocenters. The number of rotatable bonds is 3. The molecular weight excluding hydrogens is 238 g/mol. The van der Waals surface area contributed by atoms with Gasteiger partial charge in [-0.05, 0) is 23.8 Å². The predicted octanol–water partition coefficient (Wildman–Crippen LogP) is 2.73. The van der Waals surface area contributed by atoms with Crippen molar-refractivity contribution < 1.29 is 19.0 Å². The summed E-state index contributed by atoms with van der Waals surface area (Å²) >= 11 is 0. The van der Waals surface area contributed by atoms with E-state index in [2.05, 4.69) is 0 Å². The van der Waals surface area contributed by atoms with Gasteiger partial charge in [0.05, 0.1) is 0 Å². The second kappa shape index (κ2) is 5.25. The molecule has 0 saturated heterocycles. The first-order valence-corrected chi connectivity index (χ1v) is 5.45. The molecule has 0 aliphatic carbocycles. The Morgan fingerprint density at radius 3 is 2.17 bits per heavy atom. The van der Waals surface area contributed by atoms with Crippen molar-refractivity contribution in [2.24, 2.45) is 0 Å². The molecule has 2 aromatic carbocycles. The molecule has 0 bridgehead atoms. The van der Waals surface area contributed by atoms with Crippen molar-refractivity contribution in [1.29, 1.82) is 0 Å². The average molecular weight is 250 g/mol. The molecule has 4 heteroatoms. The Morgan fingerprint density at radius 2 is 1.50 bits per heavy atom. The van der Waals surface area contributed by atoms with Gasteiger partial charge in [0.2, 0.25) is 0 Å². The van der Waals surface area contributed by atoms with Crippen molar-refractivity contribution in [3.8, 4) is 0 Å². The fraction of sp³-hybridized carbons (Fsp3) is 0.143. The fourth-order valence-corrected chi connectivity index (χ4v) is 1.74. The maximum Gasteiger partial charge on any atom is 0.129 e. The van der Waals surface area contributed by atoms with E-state index in [0.29, 0.717) is 5.56 Å². The molecule has 18 heavy (non-hydrogen) atoms. The minimum absolute atomic E-state index is 0.258. The third kappa shape index (κ3) is 2.55. The van der Waals surface area contributed by atoms with Crippen LogP contribution in [0.2, 0.25) is 0 Å². The van der Waals surface area contributed by atoms with Gasteiger partial charge in [-0.3, -0.25) is 0 Å². The first-order chi connectivity index (χ1) is 8.59. The van der Waals surface area contributed by atoms with E-state index in [1.807, 2.05) is 0 Å². The largest absolute Gasteiger partial charge is 0.385 e. The Bertz CT molecular complexity index is 529. The van der Waals surface area contributed by atoms with E-state index in [1.165, 1.54) is 0 Å². The lowest BCUT2D eigenvalue weighted by molar-refractivity contribution is 0.0149. The van der Waals surface area contributed by atoms with Crippen LogP contribution in [-0.2, 0) is 0 Å². The van der Waals surface area contributed by atoms with Gasteiger partial charge in [0.15, 0.2) is 0 Å². The highest BCUT2D eigenvalue weighted by Crippen LogP contribution is 2.30. The van der Waals surface area contributed by atoms with Gasteiger partial charge in [0, 0.05) is 5.56 Å². The smallest absolute Gasteiger partial charge is 0.129 e. The zero-order valence-corrected chi connectivity index (χ0v) is 9.42. The van der Waals surface area contributed by atoms with Crippen molar-refractivity contribution in [3.05, 3.63) is 71.3 Å². The summed E-state index contributed by atoms with van der Waals surface area (Å²) in [5.41, 5.74) is 0.181. The SMILES string of the molecule is OC(c1ccccc1)C(O)c1cc(F)ccc1F. The van der Waals surface area contributed by atoms with E-state index in [0.717, 1.165) is 18.2 Å². The van der Waals surface area contributed by atoms with Crippen LogP contribution in [0.4, 0.5) is 8.78 Å². The van der Waals surface area contributed by atoms with Crippen LogP contribution in [0, 0.1) is 11.6 Å². The number of halogens is 2. The zero-order chi connectivity index (χ0) is 13.1. The van der Waals surface area contributed by atoms with Gasteiger partial charge >= 0.3 is 0 Å². The second-order valence-corrected chi connectivity index (χ2v) is 3.97. The normalized spacial score (nSPS) is 14.2.